The van der Waals surface area contributed by atoms with Crippen molar-refractivity contribution >= 4 is 34.9 Å². The number of carbonyl (C=O) groups is 3. The predicted octanol–water partition coefficient (Wildman–Crippen LogP) is 4.52. The van der Waals surface area contributed by atoms with Crippen LogP contribution < -0.4 is 10.6 Å². The molecule has 9 heteroatoms. The summed E-state index contributed by atoms with van der Waals surface area (Å²) in [5, 5.41) is 4.37. The zero-order valence-corrected chi connectivity index (χ0v) is 15.9. The first-order chi connectivity index (χ1) is 13.6. The van der Waals surface area contributed by atoms with Crippen LogP contribution >= 0.6 is 11.8 Å². The van der Waals surface area contributed by atoms with Crippen molar-refractivity contribution in [2.45, 2.75) is 19.1 Å². The summed E-state index contributed by atoms with van der Waals surface area (Å²) in [4.78, 5) is 35.4. The fraction of sp³-hybridized carbons (Fsp3) is 0.150. The molecule has 1 saturated heterocycles. The van der Waals surface area contributed by atoms with Crippen molar-refractivity contribution in [1.82, 2.24) is 10.6 Å². The summed E-state index contributed by atoms with van der Waals surface area (Å²) in [7, 11) is 0. The van der Waals surface area contributed by atoms with E-state index < -0.39 is 34.8 Å². The molecule has 29 heavy (non-hydrogen) atoms. The van der Waals surface area contributed by atoms with E-state index in [1.165, 1.54) is 30.3 Å². The molecule has 0 aromatic heterocycles. The molecule has 2 aromatic carbocycles. The summed E-state index contributed by atoms with van der Waals surface area (Å²) in [6, 6.07) is 10.4. The van der Waals surface area contributed by atoms with Gasteiger partial charge in [-0.25, -0.2) is 0 Å². The molecule has 1 atom stereocenters. The minimum atomic E-state index is -4.46. The zero-order chi connectivity index (χ0) is 21.2. The monoisotopic (exact) mass is 420 g/mol. The third kappa shape index (κ3) is 5.05. The van der Waals surface area contributed by atoms with Crippen LogP contribution in [0, 0.1) is 0 Å². The summed E-state index contributed by atoms with van der Waals surface area (Å²) in [6.45, 7) is 1.60. The van der Waals surface area contributed by atoms with E-state index in [0.29, 0.717) is 16.7 Å². The maximum absolute atomic E-state index is 12.9. The fourth-order valence-corrected chi connectivity index (χ4v) is 3.33. The lowest BCUT2D eigenvalue weighted by molar-refractivity contribution is -0.137. The molecular formula is C20H15F3N2O3S. The zero-order valence-electron chi connectivity index (χ0n) is 15.0. The van der Waals surface area contributed by atoms with Gasteiger partial charge in [-0.15, -0.1) is 0 Å². The van der Waals surface area contributed by atoms with E-state index in [1.807, 2.05) is 0 Å². The van der Waals surface area contributed by atoms with Crippen LogP contribution in [0.15, 0.2) is 53.4 Å². The van der Waals surface area contributed by atoms with Crippen LogP contribution in [0.4, 0.5) is 18.0 Å². The van der Waals surface area contributed by atoms with E-state index in [2.05, 4.69) is 10.6 Å². The van der Waals surface area contributed by atoms with Crippen LogP contribution in [-0.2, 0) is 11.0 Å². The van der Waals surface area contributed by atoms with E-state index >= 15 is 0 Å². The first-order valence-electron chi connectivity index (χ1n) is 8.46. The number of benzene rings is 2. The highest BCUT2D eigenvalue weighted by atomic mass is 32.2. The van der Waals surface area contributed by atoms with Crippen molar-refractivity contribution in [1.29, 1.82) is 0 Å². The Balaban J connectivity index is 1.69. The van der Waals surface area contributed by atoms with Crippen LogP contribution in [0.5, 0.6) is 0 Å². The Labute approximate surface area is 168 Å². The standard InChI is InChI=1S/C20H15F3N2O3S/c1-11(14-3-2-4-15(10-14)20(21,22)23)24-17(26)13-7-5-12(6-8-13)9-16-18(27)25-19(28)29-16/h2-11H,1H3,(H,24,26)(H,25,27,28)/b16-9-. The second-order valence-electron chi connectivity index (χ2n) is 6.29. The topological polar surface area (TPSA) is 75.3 Å². The van der Waals surface area contributed by atoms with Gasteiger partial charge in [0, 0.05) is 5.56 Å². The number of amides is 3. The first-order valence-corrected chi connectivity index (χ1v) is 9.28. The molecule has 150 valence electrons. The van der Waals surface area contributed by atoms with Gasteiger partial charge in [-0.3, -0.25) is 19.7 Å². The molecule has 0 spiro atoms. The second-order valence-corrected chi connectivity index (χ2v) is 7.31. The smallest absolute Gasteiger partial charge is 0.346 e. The number of thioether (sulfide) groups is 1. The molecule has 0 radical (unpaired) electrons. The van der Waals surface area contributed by atoms with Gasteiger partial charge in [0.1, 0.15) is 0 Å². The van der Waals surface area contributed by atoms with Crippen LogP contribution in [0.2, 0.25) is 0 Å². The van der Waals surface area contributed by atoms with E-state index in [-0.39, 0.29) is 4.91 Å². The summed E-state index contributed by atoms with van der Waals surface area (Å²) in [5.41, 5.74) is 0.495. The van der Waals surface area contributed by atoms with Crippen LogP contribution in [-0.4, -0.2) is 17.1 Å². The number of halogens is 3. The van der Waals surface area contributed by atoms with Gasteiger partial charge in [-0.05, 0) is 60.2 Å². The van der Waals surface area contributed by atoms with E-state index in [1.54, 1.807) is 19.1 Å². The third-order valence-electron chi connectivity index (χ3n) is 4.17. The Morgan fingerprint density at radius 3 is 2.41 bits per heavy atom. The summed E-state index contributed by atoms with van der Waals surface area (Å²) >= 11 is 0.790. The molecule has 3 amide bonds. The molecular weight excluding hydrogens is 405 g/mol. The number of alkyl halides is 3. The molecule has 0 aliphatic carbocycles. The maximum atomic E-state index is 12.9. The molecule has 2 aromatic rings. The van der Waals surface area contributed by atoms with Gasteiger partial charge >= 0.3 is 6.18 Å². The number of nitrogens with one attached hydrogen (secondary N) is 2. The Hall–Kier alpha value is -3.07. The summed E-state index contributed by atoms with van der Waals surface area (Å²) < 4.78 is 38.6. The molecule has 3 rings (SSSR count). The lowest BCUT2D eigenvalue weighted by Crippen LogP contribution is -2.26. The molecule has 1 aliphatic rings. The van der Waals surface area contributed by atoms with Crippen molar-refractivity contribution in [2.75, 3.05) is 0 Å². The van der Waals surface area contributed by atoms with Gasteiger partial charge in [0.05, 0.1) is 16.5 Å². The molecule has 0 saturated carbocycles. The molecule has 1 unspecified atom stereocenters. The largest absolute Gasteiger partial charge is 0.416 e. The lowest BCUT2D eigenvalue weighted by atomic mass is 10.0. The number of hydrogen-bond donors (Lipinski definition) is 2. The van der Waals surface area contributed by atoms with Crippen molar-refractivity contribution in [2.24, 2.45) is 0 Å². The summed E-state index contributed by atoms with van der Waals surface area (Å²) in [6.07, 6.45) is -2.93. The van der Waals surface area contributed by atoms with E-state index in [0.717, 1.165) is 23.9 Å². The SMILES string of the molecule is CC(NC(=O)c1ccc(/C=C2\SC(=O)NC2=O)cc1)c1cccc(C(F)(F)F)c1. The van der Waals surface area contributed by atoms with Gasteiger partial charge in [-0.1, -0.05) is 24.3 Å². The van der Waals surface area contributed by atoms with Crippen LogP contribution in [0.25, 0.3) is 6.08 Å². The van der Waals surface area contributed by atoms with Crippen molar-refractivity contribution in [3.8, 4) is 0 Å². The van der Waals surface area contributed by atoms with E-state index in [4.69, 9.17) is 0 Å². The van der Waals surface area contributed by atoms with Gasteiger partial charge < -0.3 is 5.32 Å². The molecule has 5 nitrogen and oxygen atoms in total. The molecule has 0 bridgehead atoms. The van der Waals surface area contributed by atoms with Crippen molar-refractivity contribution < 1.29 is 27.6 Å². The number of imide groups is 1. The molecule has 2 N–H and O–H groups in total. The Morgan fingerprint density at radius 1 is 1.14 bits per heavy atom. The van der Waals surface area contributed by atoms with Crippen molar-refractivity contribution in [3.63, 3.8) is 0 Å². The third-order valence-corrected chi connectivity index (χ3v) is 4.98. The number of hydrogen-bond acceptors (Lipinski definition) is 4. The van der Waals surface area contributed by atoms with E-state index in [9.17, 15) is 27.6 Å². The maximum Gasteiger partial charge on any atom is 0.416 e. The average Bonchev–Trinajstić information content (AvgIpc) is 2.98. The molecule has 1 aliphatic heterocycles. The Bertz CT molecular complexity index is 1000. The van der Waals surface area contributed by atoms with Gasteiger partial charge in [0.25, 0.3) is 17.1 Å². The van der Waals surface area contributed by atoms with Gasteiger partial charge in [0.15, 0.2) is 0 Å². The summed E-state index contributed by atoms with van der Waals surface area (Å²) in [5.74, 6) is -0.922. The number of rotatable bonds is 4. The molecule has 1 fully saturated rings. The Kier molecular flexibility index (Phi) is 5.78. The fourth-order valence-electron chi connectivity index (χ4n) is 2.65. The highest BCUT2D eigenvalue weighted by Crippen LogP contribution is 2.31. The minimum Gasteiger partial charge on any atom is -0.346 e. The van der Waals surface area contributed by atoms with Crippen molar-refractivity contribution in [3.05, 3.63) is 75.7 Å². The normalized spacial score (nSPS) is 16.6. The van der Waals surface area contributed by atoms with Crippen LogP contribution in [0.1, 0.15) is 40.0 Å². The Morgan fingerprint density at radius 2 is 1.83 bits per heavy atom. The highest BCUT2D eigenvalue weighted by molar-refractivity contribution is 8.18. The van der Waals surface area contributed by atoms with Gasteiger partial charge in [0.2, 0.25) is 0 Å². The predicted molar refractivity (Wildman–Crippen MR) is 103 cm³/mol. The van der Waals surface area contributed by atoms with Gasteiger partial charge in [-0.2, -0.15) is 13.2 Å². The lowest BCUT2D eigenvalue weighted by Gasteiger charge is -2.16. The number of carbonyl (C=O) groups excluding carboxylic acids is 3. The minimum absolute atomic E-state index is 0.255. The quantitative estimate of drug-likeness (QED) is 0.714. The van der Waals surface area contributed by atoms with Crippen LogP contribution in [0.3, 0.4) is 0 Å². The molecule has 1 heterocycles. The highest BCUT2D eigenvalue weighted by Gasteiger charge is 2.30. The second kappa shape index (κ2) is 8.12. The average molecular weight is 420 g/mol. The first kappa shape index (κ1) is 20.7.